The molecular formula is C29H32N6O2. The van der Waals surface area contributed by atoms with Gasteiger partial charge in [0.1, 0.15) is 5.69 Å². The molecule has 0 saturated heterocycles. The lowest BCUT2D eigenvalue weighted by molar-refractivity contribution is 0.0910. The molecule has 1 aliphatic carbocycles. The van der Waals surface area contributed by atoms with Crippen molar-refractivity contribution in [2.75, 3.05) is 26.0 Å². The third kappa shape index (κ3) is 5.96. The molecule has 0 unspecified atom stereocenters. The summed E-state index contributed by atoms with van der Waals surface area (Å²) in [5, 5.41) is 17.0. The van der Waals surface area contributed by atoms with E-state index in [0.717, 1.165) is 42.0 Å². The molecule has 0 bridgehead atoms. The fourth-order valence-corrected chi connectivity index (χ4v) is 4.83. The Morgan fingerprint density at radius 1 is 1.14 bits per heavy atom. The van der Waals surface area contributed by atoms with Crippen molar-refractivity contribution in [2.45, 2.75) is 37.8 Å². The highest BCUT2D eigenvalue weighted by Gasteiger charge is 2.24. The number of anilines is 1. The molecule has 2 amide bonds. The summed E-state index contributed by atoms with van der Waals surface area (Å²) < 4.78 is 0. The molecule has 3 aromatic rings. The number of nitrogens with two attached hydrogens (primary N) is 1. The van der Waals surface area contributed by atoms with E-state index in [-0.39, 0.29) is 18.5 Å². The molecule has 8 nitrogen and oxygen atoms in total. The predicted molar refractivity (Wildman–Crippen MR) is 146 cm³/mol. The van der Waals surface area contributed by atoms with E-state index in [1.165, 1.54) is 0 Å². The number of rotatable bonds is 8. The summed E-state index contributed by atoms with van der Waals surface area (Å²) in [4.78, 5) is 32.0. The molecular weight excluding hydrogens is 464 g/mol. The summed E-state index contributed by atoms with van der Waals surface area (Å²) in [6.45, 7) is 3.88. The highest BCUT2D eigenvalue weighted by atomic mass is 16.2. The first kappa shape index (κ1) is 25.9. The first-order chi connectivity index (χ1) is 17.8. The largest absolute Gasteiger partial charge is 0.379 e. The molecule has 1 aromatic heterocycles. The number of nitrogens with zero attached hydrogens (tertiary/aromatic N) is 3. The zero-order valence-electron chi connectivity index (χ0n) is 21.3. The minimum Gasteiger partial charge on any atom is -0.379 e. The molecule has 1 aliphatic rings. The van der Waals surface area contributed by atoms with Gasteiger partial charge in [-0.05, 0) is 69.4 Å². The fourth-order valence-electron chi connectivity index (χ4n) is 4.83. The van der Waals surface area contributed by atoms with E-state index in [2.05, 4.69) is 41.2 Å². The van der Waals surface area contributed by atoms with Crippen LogP contribution < -0.4 is 16.4 Å². The van der Waals surface area contributed by atoms with Gasteiger partial charge in [-0.2, -0.15) is 5.26 Å². The van der Waals surface area contributed by atoms with Crippen molar-refractivity contribution in [1.29, 1.82) is 5.26 Å². The quantitative estimate of drug-likeness (QED) is 0.404. The Labute approximate surface area is 217 Å². The molecule has 2 aromatic carbocycles. The van der Waals surface area contributed by atoms with Gasteiger partial charge < -0.3 is 21.3 Å². The number of carbonyl (C=O) groups excluding carboxylic acids is 2. The number of pyridine rings is 1. The summed E-state index contributed by atoms with van der Waals surface area (Å²) in [7, 11) is 4.20. The Bertz CT molecular complexity index is 1380. The molecule has 1 heterocycles. The van der Waals surface area contributed by atoms with Crippen LogP contribution in [0.5, 0.6) is 0 Å². The second-order valence-corrected chi connectivity index (χ2v) is 9.71. The molecule has 4 N–H and O–H groups in total. The van der Waals surface area contributed by atoms with Crippen LogP contribution in [0.4, 0.5) is 5.69 Å². The Hall–Kier alpha value is -4.22. The minimum absolute atomic E-state index is 0.152. The number of hydrogen-bond donors (Lipinski definition) is 3. The normalized spacial score (nSPS) is 17.2. The zero-order chi connectivity index (χ0) is 26.5. The average Bonchev–Trinajstić information content (AvgIpc) is 2.91. The van der Waals surface area contributed by atoms with E-state index in [1.807, 2.05) is 42.5 Å². The molecule has 4 rings (SSSR count). The van der Waals surface area contributed by atoms with Gasteiger partial charge in [0.05, 0.1) is 23.0 Å². The number of primary amides is 1. The fraction of sp³-hybridized carbons (Fsp3) is 0.310. The molecule has 1 fully saturated rings. The van der Waals surface area contributed by atoms with Crippen LogP contribution in [0.15, 0.2) is 60.7 Å². The SMILES string of the molecule is C=C(C#N)CNc1c(C(N)=O)ccc2ccc(-c3cccc(C(=O)N[C@H]4CC[C@H](N(C)C)CC4)n3)cc12. The van der Waals surface area contributed by atoms with Crippen molar-refractivity contribution >= 4 is 28.3 Å². The molecule has 1 saturated carbocycles. The summed E-state index contributed by atoms with van der Waals surface area (Å²) >= 11 is 0. The Morgan fingerprint density at radius 2 is 1.86 bits per heavy atom. The van der Waals surface area contributed by atoms with Crippen molar-refractivity contribution < 1.29 is 9.59 Å². The van der Waals surface area contributed by atoms with Crippen LogP contribution in [0.1, 0.15) is 46.5 Å². The smallest absolute Gasteiger partial charge is 0.270 e. The van der Waals surface area contributed by atoms with Crippen molar-refractivity contribution in [1.82, 2.24) is 15.2 Å². The maximum absolute atomic E-state index is 13.0. The van der Waals surface area contributed by atoms with Crippen molar-refractivity contribution in [3.8, 4) is 17.3 Å². The molecule has 190 valence electrons. The number of amides is 2. The molecule has 0 atom stereocenters. The van der Waals surface area contributed by atoms with E-state index in [9.17, 15) is 9.59 Å². The Kier molecular flexibility index (Phi) is 7.85. The lowest BCUT2D eigenvalue weighted by Crippen LogP contribution is -2.42. The third-order valence-corrected chi connectivity index (χ3v) is 6.96. The van der Waals surface area contributed by atoms with Gasteiger partial charge in [0, 0.05) is 35.2 Å². The van der Waals surface area contributed by atoms with Gasteiger partial charge in [-0.1, -0.05) is 30.8 Å². The van der Waals surface area contributed by atoms with Crippen LogP contribution in [0, 0.1) is 11.3 Å². The highest BCUT2D eigenvalue weighted by Crippen LogP contribution is 2.32. The van der Waals surface area contributed by atoms with E-state index in [4.69, 9.17) is 11.0 Å². The monoisotopic (exact) mass is 496 g/mol. The van der Waals surface area contributed by atoms with Crippen LogP contribution in [-0.2, 0) is 0 Å². The number of hydrogen-bond acceptors (Lipinski definition) is 6. The standard InChI is InChI=1S/C29H32N6O2/c1-18(16-30)17-32-27-23(28(31)36)14-9-19-7-8-20(15-24(19)27)25-5-4-6-26(34-25)29(37)33-21-10-12-22(13-11-21)35(2)3/h4-9,14-15,21-22,32H,1,10-13,17H2,2-3H3,(H2,31,36)(H,33,37)/t21-,22-. The summed E-state index contributed by atoms with van der Waals surface area (Å²) in [6, 6.07) is 17.4. The van der Waals surface area contributed by atoms with Gasteiger partial charge in [-0.25, -0.2) is 4.98 Å². The summed E-state index contributed by atoms with van der Waals surface area (Å²) in [5.41, 5.74) is 8.60. The van der Waals surface area contributed by atoms with Gasteiger partial charge in [-0.15, -0.1) is 0 Å². The minimum atomic E-state index is -0.575. The lowest BCUT2D eigenvalue weighted by Gasteiger charge is -2.32. The number of nitrogens with one attached hydrogen (secondary N) is 2. The third-order valence-electron chi connectivity index (χ3n) is 6.96. The van der Waals surface area contributed by atoms with E-state index < -0.39 is 5.91 Å². The van der Waals surface area contributed by atoms with Crippen LogP contribution in [0.3, 0.4) is 0 Å². The van der Waals surface area contributed by atoms with Crippen molar-refractivity contribution in [3.63, 3.8) is 0 Å². The number of carbonyl (C=O) groups is 2. The van der Waals surface area contributed by atoms with E-state index >= 15 is 0 Å². The van der Waals surface area contributed by atoms with Crippen LogP contribution in [0.25, 0.3) is 22.0 Å². The molecule has 0 spiro atoms. The summed E-state index contributed by atoms with van der Waals surface area (Å²) in [6.07, 6.45) is 4.03. The first-order valence-electron chi connectivity index (χ1n) is 12.4. The van der Waals surface area contributed by atoms with Gasteiger partial charge >= 0.3 is 0 Å². The maximum atomic E-state index is 13.0. The number of benzene rings is 2. The van der Waals surface area contributed by atoms with Crippen LogP contribution in [-0.4, -0.2) is 54.4 Å². The zero-order valence-corrected chi connectivity index (χ0v) is 21.3. The topological polar surface area (TPSA) is 124 Å². The molecule has 37 heavy (non-hydrogen) atoms. The Balaban J connectivity index is 1.60. The van der Waals surface area contributed by atoms with E-state index in [0.29, 0.717) is 34.3 Å². The molecule has 0 radical (unpaired) electrons. The average molecular weight is 497 g/mol. The predicted octanol–water partition coefficient (Wildman–Crippen LogP) is 4.09. The Morgan fingerprint density at radius 3 is 2.54 bits per heavy atom. The maximum Gasteiger partial charge on any atom is 0.270 e. The van der Waals surface area contributed by atoms with Gasteiger partial charge in [0.25, 0.3) is 11.8 Å². The van der Waals surface area contributed by atoms with Gasteiger partial charge in [0.2, 0.25) is 0 Å². The van der Waals surface area contributed by atoms with Crippen molar-refractivity contribution in [2.24, 2.45) is 5.73 Å². The first-order valence-corrected chi connectivity index (χ1v) is 12.4. The lowest BCUT2D eigenvalue weighted by atomic mass is 9.90. The number of nitriles is 1. The number of fused-ring (bicyclic) bond motifs is 1. The highest BCUT2D eigenvalue weighted by molar-refractivity contribution is 6.08. The van der Waals surface area contributed by atoms with E-state index in [1.54, 1.807) is 12.1 Å². The van der Waals surface area contributed by atoms with Crippen LogP contribution in [0.2, 0.25) is 0 Å². The van der Waals surface area contributed by atoms with Gasteiger partial charge in [-0.3, -0.25) is 9.59 Å². The molecule has 0 aliphatic heterocycles. The molecule has 8 heteroatoms. The summed E-state index contributed by atoms with van der Waals surface area (Å²) in [5.74, 6) is -0.752. The van der Waals surface area contributed by atoms with Crippen LogP contribution >= 0.6 is 0 Å². The number of aromatic nitrogens is 1. The van der Waals surface area contributed by atoms with Crippen molar-refractivity contribution in [3.05, 3.63) is 71.9 Å². The second-order valence-electron chi connectivity index (χ2n) is 9.71. The van der Waals surface area contributed by atoms with Gasteiger partial charge in [0.15, 0.2) is 0 Å². The second kappa shape index (κ2) is 11.2.